The molecule has 0 saturated carbocycles. The van der Waals surface area contributed by atoms with Gasteiger partial charge in [-0.3, -0.25) is 0 Å². The maximum atomic E-state index is 13.5. The lowest BCUT2D eigenvalue weighted by atomic mass is 10.1. The molecule has 5 heteroatoms. The number of furan rings is 1. The third kappa shape index (κ3) is 3.56. The van der Waals surface area contributed by atoms with E-state index < -0.39 is 11.9 Å². The second kappa shape index (κ2) is 6.36. The lowest BCUT2D eigenvalue weighted by molar-refractivity contribution is 0.173. The van der Waals surface area contributed by atoms with E-state index in [9.17, 15) is 9.50 Å². The number of nitrogens with one attached hydrogen (secondary N) is 1. The average Bonchev–Trinajstić information content (AvgIpc) is 2.91. The monoisotopic (exact) mass is 265 g/mol. The maximum absolute atomic E-state index is 13.5. The Bertz CT molecular complexity index is 513. The molecule has 1 unspecified atom stereocenters. The Kier molecular flexibility index (Phi) is 4.54. The van der Waals surface area contributed by atoms with Crippen LogP contribution >= 0.6 is 0 Å². The Morgan fingerprint density at radius 3 is 2.89 bits per heavy atom. The van der Waals surface area contributed by atoms with Gasteiger partial charge in [0.15, 0.2) is 11.6 Å². The van der Waals surface area contributed by atoms with E-state index in [0.717, 1.165) is 5.76 Å². The minimum absolute atomic E-state index is 0.166. The molecule has 0 radical (unpaired) electrons. The van der Waals surface area contributed by atoms with Gasteiger partial charge in [-0.2, -0.15) is 0 Å². The zero-order valence-electron chi connectivity index (χ0n) is 10.6. The third-order valence-electron chi connectivity index (χ3n) is 2.78. The van der Waals surface area contributed by atoms with Crippen molar-refractivity contribution < 1.29 is 18.7 Å². The summed E-state index contributed by atoms with van der Waals surface area (Å²) < 4.78 is 23.5. The average molecular weight is 265 g/mol. The molecule has 0 saturated heterocycles. The predicted octanol–water partition coefficient (Wildman–Crippen LogP) is 2.25. The molecule has 0 aliphatic carbocycles. The van der Waals surface area contributed by atoms with Crippen molar-refractivity contribution in [1.29, 1.82) is 0 Å². The number of hydrogen-bond acceptors (Lipinski definition) is 4. The minimum atomic E-state index is -0.782. The van der Waals surface area contributed by atoms with E-state index in [4.69, 9.17) is 9.15 Å². The molecule has 4 nitrogen and oxygen atoms in total. The van der Waals surface area contributed by atoms with Crippen molar-refractivity contribution >= 4 is 0 Å². The van der Waals surface area contributed by atoms with Crippen molar-refractivity contribution in [1.82, 2.24) is 5.32 Å². The molecule has 0 amide bonds. The molecular weight excluding hydrogens is 249 g/mol. The zero-order chi connectivity index (χ0) is 13.7. The molecular formula is C14H16FNO3. The SMILES string of the molecule is COc1ccc(C(O)CNCc2ccco2)cc1F. The highest BCUT2D eigenvalue weighted by Crippen LogP contribution is 2.21. The summed E-state index contributed by atoms with van der Waals surface area (Å²) in [5.41, 5.74) is 0.505. The summed E-state index contributed by atoms with van der Waals surface area (Å²) in [6, 6.07) is 8.05. The maximum Gasteiger partial charge on any atom is 0.165 e. The molecule has 19 heavy (non-hydrogen) atoms. The highest BCUT2D eigenvalue weighted by atomic mass is 19.1. The van der Waals surface area contributed by atoms with Crippen molar-refractivity contribution in [3.8, 4) is 5.75 Å². The van der Waals surface area contributed by atoms with Crippen LogP contribution in [0, 0.1) is 5.82 Å². The van der Waals surface area contributed by atoms with E-state index >= 15 is 0 Å². The van der Waals surface area contributed by atoms with E-state index in [1.807, 2.05) is 6.07 Å². The third-order valence-corrected chi connectivity index (χ3v) is 2.78. The Hall–Kier alpha value is -1.85. The van der Waals surface area contributed by atoms with Crippen molar-refractivity contribution in [2.75, 3.05) is 13.7 Å². The van der Waals surface area contributed by atoms with Crippen LogP contribution in [0.15, 0.2) is 41.0 Å². The molecule has 1 aromatic heterocycles. The summed E-state index contributed by atoms with van der Waals surface area (Å²) in [5, 5.41) is 13.0. The van der Waals surface area contributed by atoms with Gasteiger partial charge in [-0.15, -0.1) is 0 Å². The molecule has 1 aromatic carbocycles. The van der Waals surface area contributed by atoms with Gasteiger partial charge in [0.2, 0.25) is 0 Å². The largest absolute Gasteiger partial charge is 0.494 e. The normalized spacial score (nSPS) is 12.4. The molecule has 0 bridgehead atoms. The number of methoxy groups -OCH3 is 1. The lowest BCUT2D eigenvalue weighted by Crippen LogP contribution is -2.20. The number of ether oxygens (including phenoxy) is 1. The van der Waals surface area contributed by atoms with Crippen LogP contribution in [-0.4, -0.2) is 18.8 Å². The molecule has 102 valence electrons. The fourth-order valence-electron chi connectivity index (χ4n) is 1.75. The van der Waals surface area contributed by atoms with E-state index in [1.165, 1.54) is 19.2 Å². The van der Waals surface area contributed by atoms with Crippen LogP contribution in [0.25, 0.3) is 0 Å². The molecule has 2 N–H and O–H groups in total. The summed E-state index contributed by atoms with van der Waals surface area (Å²) in [4.78, 5) is 0. The number of hydrogen-bond donors (Lipinski definition) is 2. The van der Waals surface area contributed by atoms with Crippen LogP contribution in [0.1, 0.15) is 17.4 Å². The summed E-state index contributed by atoms with van der Waals surface area (Å²) in [7, 11) is 1.40. The predicted molar refractivity (Wildman–Crippen MR) is 68.3 cm³/mol. The van der Waals surface area contributed by atoms with Crippen molar-refractivity contribution in [2.24, 2.45) is 0 Å². The quantitative estimate of drug-likeness (QED) is 0.841. The first-order chi connectivity index (χ1) is 9.20. The number of rotatable bonds is 6. The second-order valence-electron chi connectivity index (χ2n) is 4.12. The number of aliphatic hydroxyl groups excluding tert-OH is 1. The van der Waals surface area contributed by atoms with Gasteiger partial charge < -0.3 is 19.6 Å². The topological polar surface area (TPSA) is 54.6 Å². The van der Waals surface area contributed by atoms with Crippen molar-refractivity contribution in [3.63, 3.8) is 0 Å². The Morgan fingerprint density at radius 2 is 2.26 bits per heavy atom. The fourth-order valence-corrected chi connectivity index (χ4v) is 1.75. The number of aliphatic hydroxyl groups is 1. The summed E-state index contributed by atoms with van der Waals surface area (Å²) in [6.45, 7) is 0.829. The standard InChI is InChI=1S/C14H16FNO3/c1-18-14-5-4-10(7-12(14)15)13(17)9-16-8-11-3-2-6-19-11/h2-7,13,16-17H,8-9H2,1H3. The molecule has 2 rings (SSSR count). The minimum Gasteiger partial charge on any atom is -0.494 e. The van der Waals surface area contributed by atoms with Gasteiger partial charge in [0.25, 0.3) is 0 Å². The molecule has 1 heterocycles. The molecule has 1 atom stereocenters. The van der Waals surface area contributed by atoms with Gasteiger partial charge in [0, 0.05) is 6.54 Å². The summed E-state index contributed by atoms with van der Waals surface area (Å²) in [6.07, 6.45) is 0.808. The smallest absolute Gasteiger partial charge is 0.165 e. The second-order valence-corrected chi connectivity index (χ2v) is 4.12. The first kappa shape index (κ1) is 13.6. The highest BCUT2D eigenvalue weighted by Gasteiger charge is 2.11. The van der Waals surface area contributed by atoms with E-state index in [0.29, 0.717) is 18.7 Å². The van der Waals surface area contributed by atoms with Crippen LogP contribution in [0.2, 0.25) is 0 Å². The molecule has 0 fully saturated rings. The summed E-state index contributed by atoms with van der Waals surface area (Å²) >= 11 is 0. The van der Waals surface area contributed by atoms with Crippen molar-refractivity contribution in [3.05, 3.63) is 53.7 Å². The first-order valence-electron chi connectivity index (χ1n) is 5.95. The Balaban J connectivity index is 1.88. The first-order valence-corrected chi connectivity index (χ1v) is 5.95. The zero-order valence-corrected chi connectivity index (χ0v) is 10.6. The van der Waals surface area contributed by atoms with Crippen LogP contribution < -0.4 is 10.1 Å². The van der Waals surface area contributed by atoms with Gasteiger partial charge in [-0.05, 0) is 29.8 Å². The molecule has 0 aliphatic heterocycles. The van der Waals surface area contributed by atoms with E-state index in [1.54, 1.807) is 18.4 Å². The van der Waals surface area contributed by atoms with Gasteiger partial charge in [-0.1, -0.05) is 6.07 Å². The molecule has 0 spiro atoms. The van der Waals surface area contributed by atoms with Crippen LogP contribution in [0.4, 0.5) is 4.39 Å². The summed E-state index contributed by atoms with van der Waals surface area (Å²) in [5.74, 6) is 0.470. The number of benzene rings is 1. The Morgan fingerprint density at radius 1 is 1.42 bits per heavy atom. The van der Waals surface area contributed by atoms with Gasteiger partial charge in [0.05, 0.1) is 26.0 Å². The molecule has 0 aliphatic rings. The van der Waals surface area contributed by atoms with E-state index in [2.05, 4.69) is 5.32 Å². The lowest BCUT2D eigenvalue weighted by Gasteiger charge is -2.12. The van der Waals surface area contributed by atoms with Crippen LogP contribution in [0.5, 0.6) is 5.75 Å². The van der Waals surface area contributed by atoms with Gasteiger partial charge in [0.1, 0.15) is 5.76 Å². The van der Waals surface area contributed by atoms with Crippen LogP contribution in [0.3, 0.4) is 0 Å². The van der Waals surface area contributed by atoms with Crippen LogP contribution in [-0.2, 0) is 6.54 Å². The van der Waals surface area contributed by atoms with E-state index in [-0.39, 0.29) is 5.75 Å². The molecule has 2 aromatic rings. The van der Waals surface area contributed by atoms with Crippen molar-refractivity contribution in [2.45, 2.75) is 12.6 Å². The van der Waals surface area contributed by atoms with Gasteiger partial charge >= 0.3 is 0 Å². The fraction of sp³-hybridized carbons (Fsp3) is 0.286. The number of halogens is 1. The Labute approximate surface area is 110 Å². The van der Waals surface area contributed by atoms with Gasteiger partial charge in [-0.25, -0.2) is 4.39 Å². The highest BCUT2D eigenvalue weighted by molar-refractivity contribution is 5.30.